The quantitative estimate of drug-likeness (QED) is 0.290. The van der Waals surface area contributed by atoms with Crippen LogP contribution in [-0.4, -0.2) is 23.6 Å². The Bertz CT molecular complexity index is 306. The first-order valence-electron chi connectivity index (χ1n) is 9.39. The molecule has 2 nitrogen and oxygen atoms in total. The lowest BCUT2D eigenvalue weighted by molar-refractivity contribution is -0.140. The summed E-state index contributed by atoms with van der Waals surface area (Å²) in [5.74, 6) is 2.21. The normalized spacial score (nSPS) is 23.5. The minimum Gasteiger partial charge on any atom is -0.469 e. The number of ether oxygens (including phenoxy) is 1. The summed E-state index contributed by atoms with van der Waals surface area (Å²) in [6, 6.07) is 0. The molecule has 1 aliphatic carbocycles. The molecule has 22 heavy (non-hydrogen) atoms. The molecule has 0 spiro atoms. The molecule has 2 atom stereocenters. The van der Waals surface area contributed by atoms with Crippen LogP contribution < -0.4 is 0 Å². The molecular weight excluding hydrogens is 292 g/mol. The molecule has 0 radical (unpaired) electrons. The Balaban J connectivity index is 2.17. The molecule has 0 amide bonds. The van der Waals surface area contributed by atoms with Gasteiger partial charge in [0.05, 0.1) is 7.11 Å². The van der Waals surface area contributed by atoms with Crippen LogP contribution in [0.5, 0.6) is 0 Å². The van der Waals surface area contributed by atoms with Gasteiger partial charge < -0.3 is 4.74 Å². The first kappa shape index (κ1) is 19.9. The van der Waals surface area contributed by atoms with Gasteiger partial charge in [0.1, 0.15) is 0 Å². The van der Waals surface area contributed by atoms with Crippen LogP contribution in [0, 0.1) is 5.92 Å². The zero-order valence-electron chi connectivity index (χ0n) is 15.0. The second-order valence-corrected chi connectivity index (χ2v) is 8.31. The van der Waals surface area contributed by atoms with Crippen molar-refractivity contribution in [3.05, 3.63) is 0 Å². The maximum absolute atomic E-state index is 11.1. The smallest absolute Gasteiger partial charge is 0.305 e. The molecule has 130 valence electrons. The lowest BCUT2D eigenvalue weighted by Gasteiger charge is -2.17. The van der Waals surface area contributed by atoms with Crippen molar-refractivity contribution in [1.82, 2.24) is 0 Å². The number of esters is 1. The van der Waals surface area contributed by atoms with E-state index in [0.717, 1.165) is 12.3 Å². The van der Waals surface area contributed by atoms with Gasteiger partial charge in [0.2, 0.25) is 0 Å². The Morgan fingerprint density at radius 1 is 1.09 bits per heavy atom. The molecule has 0 saturated heterocycles. The van der Waals surface area contributed by atoms with Gasteiger partial charge in [-0.3, -0.25) is 4.79 Å². The van der Waals surface area contributed by atoms with Crippen LogP contribution >= 0.6 is 11.8 Å². The predicted molar refractivity (Wildman–Crippen MR) is 97.4 cm³/mol. The number of thioether (sulfide) groups is 1. The molecule has 1 rings (SSSR count). The second-order valence-electron chi connectivity index (χ2n) is 6.80. The molecule has 3 heteroatoms. The summed E-state index contributed by atoms with van der Waals surface area (Å²) < 4.78 is 5.32. The molecule has 0 aromatic heterocycles. The highest BCUT2D eigenvalue weighted by Gasteiger charge is 2.52. The average Bonchev–Trinajstić information content (AvgIpc) is 3.22. The molecule has 1 aliphatic rings. The monoisotopic (exact) mass is 328 g/mol. The van der Waals surface area contributed by atoms with Gasteiger partial charge in [0.25, 0.3) is 0 Å². The predicted octanol–water partition coefficient (Wildman–Crippen LogP) is 5.98. The number of hydrogen-bond donors (Lipinski definition) is 0. The third kappa shape index (κ3) is 7.39. The van der Waals surface area contributed by atoms with Crippen LogP contribution in [0.3, 0.4) is 0 Å². The van der Waals surface area contributed by atoms with Crippen molar-refractivity contribution in [3.63, 3.8) is 0 Å². The molecule has 0 bridgehead atoms. The van der Waals surface area contributed by atoms with E-state index < -0.39 is 0 Å². The van der Waals surface area contributed by atoms with Crippen molar-refractivity contribution < 1.29 is 9.53 Å². The maximum atomic E-state index is 11.1. The van der Waals surface area contributed by atoms with E-state index in [-0.39, 0.29) is 5.97 Å². The van der Waals surface area contributed by atoms with E-state index in [9.17, 15) is 4.79 Å². The molecule has 0 unspecified atom stereocenters. The highest BCUT2D eigenvalue weighted by atomic mass is 32.2. The van der Waals surface area contributed by atoms with Gasteiger partial charge >= 0.3 is 5.97 Å². The average molecular weight is 329 g/mol. The van der Waals surface area contributed by atoms with Crippen molar-refractivity contribution >= 4 is 17.7 Å². The van der Waals surface area contributed by atoms with Gasteiger partial charge in [-0.2, -0.15) is 11.8 Å². The van der Waals surface area contributed by atoms with Gasteiger partial charge in [-0.25, -0.2) is 0 Å². The number of hydrogen-bond acceptors (Lipinski definition) is 3. The minimum atomic E-state index is -0.0600. The van der Waals surface area contributed by atoms with E-state index in [4.69, 9.17) is 0 Å². The molecule has 0 aliphatic heterocycles. The standard InChI is InChI=1S/C19H36O2S/c1-4-6-7-11-14-19(22-15-5-2)16-17(19)12-9-8-10-13-18(20)21-3/h17H,4-16H2,1-3H3/t17-,19-/m1/s1. The summed E-state index contributed by atoms with van der Waals surface area (Å²) in [6.45, 7) is 4.58. The summed E-state index contributed by atoms with van der Waals surface area (Å²) in [7, 11) is 1.48. The third-order valence-corrected chi connectivity index (χ3v) is 6.78. The van der Waals surface area contributed by atoms with Gasteiger partial charge in [0.15, 0.2) is 0 Å². The van der Waals surface area contributed by atoms with E-state index in [2.05, 4.69) is 30.3 Å². The Morgan fingerprint density at radius 3 is 2.55 bits per heavy atom. The van der Waals surface area contributed by atoms with Crippen molar-refractivity contribution in [3.8, 4) is 0 Å². The van der Waals surface area contributed by atoms with Crippen molar-refractivity contribution in [2.24, 2.45) is 5.92 Å². The number of methoxy groups -OCH3 is 1. The second kappa shape index (κ2) is 11.4. The number of carbonyl (C=O) groups is 1. The van der Waals surface area contributed by atoms with E-state index in [1.54, 1.807) is 0 Å². The van der Waals surface area contributed by atoms with Crippen molar-refractivity contribution in [2.45, 2.75) is 95.6 Å². The first-order chi connectivity index (χ1) is 10.7. The van der Waals surface area contributed by atoms with Crippen LogP contribution in [0.1, 0.15) is 90.9 Å². The third-order valence-electron chi connectivity index (χ3n) is 4.88. The van der Waals surface area contributed by atoms with Crippen LogP contribution in [0.15, 0.2) is 0 Å². The van der Waals surface area contributed by atoms with Gasteiger partial charge in [-0.15, -0.1) is 0 Å². The molecule has 1 fully saturated rings. The largest absolute Gasteiger partial charge is 0.469 e. The lowest BCUT2D eigenvalue weighted by Crippen LogP contribution is -2.08. The Kier molecular flexibility index (Phi) is 10.3. The first-order valence-corrected chi connectivity index (χ1v) is 10.4. The minimum absolute atomic E-state index is 0.0600. The maximum Gasteiger partial charge on any atom is 0.305 e. The zero-order valence-corrected chi connectivity index (χ0v) is 15.8. The number of carbonyl (C=O) groups excluding carboxylic acids is 1. The summed E-state index contributed by atoms with van der Waals surface area (Å²) >= 11 is 2.25. The SMILES string of the molecule is CCCCCC[C@@]1(SCCC)C[C@H]1CCCCCC(=O)OC. The van der Waals surface area contributed by atoms with Crippen LogP contribution in [0.4, 0.5) is 0 Å². The fourth-order valence-corrected chi connectivity index (χ4v) is 4.95. The van der Waals surface area contributed by atoms with Gasteiger partial charge in [-0.05, 0) is 43.8 Å². The molecule has 0 heterocycles. The molecular formula is C19H36O2S. The molecule has 0 aromatic carbocycles. The van der Waals surface area contributed by atoms with Crippen molar-refractivity contribution in [1.29, 1.82) is 0 Å². The molecule has 0 N–H and O–H groups in total. The lowest BCUT2D eigenvalue weighted by atomic mass is 10.0. The fraction of sp³-hybridized carbons (Fsp3) is 0.947. The van der Waals surface area contributed by atoms with E-state index in [1.807, 2.05) is 0 Å². The summed E-state index contributed by atoms with van der Waals surface area (Å²) in [6.07, 6.45) is 15.1. The Labute approximate surface area is 142 Å². The molecule has 1 saturated carbocycles. The van der Waals surface area contributed by atoms with Crippen LogP contribution in [0.25, 0.3) is 0 Å². The van der Waals surface area contributed by atoms with E-state index in [0.29, 0.717) is 11.2 Å². The number of unbranched alkanes of at least 4 members (excludes halogenated alkanes) is 5. The van der Waals surface area contributed by atoms with Crippen LogP contribution in [-0.2, 0) is 9.53 Å². The highest BCUT2D eigenvalue weighted by molar-refractivity contribution is 8.00. The zero-order chi connectivity index (χ0) is 16.3. The fourth-order valence-electron chi connectivity index (χ4n) is 3.37. The highest BCUT2D eigenvalue weighted by Crippen LogP contribution is 2.59. The van der Waals surface area contributed by atoms with Crippen molar-refractivity contribution in [2.75, 3.05) is 12.9 Å². The number of rotatable bonds is 14. The summed E-state index contributed by atoms with van der Waals surface area (Å²) in [4.78, 5) is 11.1. The van der Waals surface area contributed by atoms with Gasteiger partial charge in [0, 0.05) is 11.2 Å². The topological polar surface area (TPSA) is 26.3 Å². The van der Waals surface area contributed by atoms with E-state index in [1.165, 1.54) is 77.1 Å². The van der Waals surface area contributed by atoms with Gasteiger partial charge in [-0.1, -0.05) is 52.4 Å². The van der Waals surface area contributed by atoms with E-state index >= 15 is 0 Å². The Morgan fingerprint density at radius 2 is 1.86 bits per heavy atom. The summed E-state index contributed by atoms with van der Waals surface area (Å²) in [5, 5.41) is 0. The summed E-state index contributed by atoms with van der Waals surface area (Å²) in [5.41, 5.74) is 0. The van der Waals surface area contributed by atoms with Crippen LogP contribution in [0.2, 0.25) is 0 Å². The molecule has 0 aromatic rings. The Hall–Kier alpha value is -0.180.